The van der Waals surface area contributed by atoms with E-state index in [-0.39, 0.29) is 5.82 Å². The first-order chi connectivity index (χ1) is 8.88. The molecule has 2 nitrogen and oxygen atoms in total. The van der Waals surface area contributed by atoms with Crippen LogP contribution in [0, 0.1) is 31.4 Å². The Morgan fingerprint density at radius 2 is 1.58 bits per heavy atom. The number of hydrogen-bond acceptors (Lipinski definition) is 2. The van der Waals surface area contributed by atoms with Crippen molar-refractivity contribution in [2.24, 2.45) is 0 Å². The number of aryl methyl sites for hydroxylation is 2. The van der Waals surface area contributed by atoms with Gasteiger partial charge in [-0.2, -0.15) is 9.37 Å². The van der Waals surface area contributed by atoms with Gasteiger partial charge in [-0.15, -0.1) is 0 Å². The van der Waals surface area contributed by atoms with Crippen molar-refractivity contribution in [1.82, 2.24) is 4.98 Å². The summed E-state index contributed by atoms with van der Waals surface area (Å²) in [6, 6.07) is 4.12. The monoisotopic (exact) mass is 330 g/mol. The van der Waals surface area contributed by atoms with Gasteiger partial charge in [0.25, 0.3) is 5.95 Å². The number of pyridine rings is 1. The second-order valence-electron chi connectivity index (χ2n) is 4.13. The van der Waals surface area contributed by atoms with Crippen LogP contribution in [-0.4, -0.2) is 4.98 Å². The van der Waals surface area contributed by atoms with Crippen LogP contribution in [0.4, 0.5) is 24.7 Å². The van der Waals surface area contributed by atoms with Crippen LogP contribution in [0.1, 0.15) is 11.1 Å². The van der Waals surface area contributed by atoms with Gasteiger partial charge >= 0.3 is 0 Å². The van der Waals surface area contributed by atoms with Gasteiger partial charge in [-0.05, 0) is 37.1 Å². The zero-order chi connectivity index (χ0) is 14.2. The van der Waals surface area contributed by atoms with Crippen LogP contribution in [-0.2, 0) is 0 Å². The number of benzene rings is 1. The van der Waals surface area contributed by atoms with Crippen molar-refractivity contribution in [2.75, 3.05) is 5.32 Å². The van der Waals surface area contributed by atoms with E-state index in [4.69, 9.17) is 0 Å². The molecule has 0 radical (unpaired) electrons. The predicted octanol–water partition coefficient (Wildman–Crippen LogP) is 4.62. The van der Waals surface area contributed by atoms with Crippen LogP contribution in [0.5, 0.6) is 0 Å². The highest BCUT2D eigenvalue weighted by Gasteiger charge is 2.13. The van der Waals surface area contributed by atoms with Gasteiger partial charge in [-0.3, -0.25) is 0 Å². The van der Waals surface area contributed by atoms with Crippen LogP contribution >= 0.6 is 15.9 Å². The number of anilines is 2. The minimum Gasteiger partial charge on any atom is -0.337 e. The molecule has 1 heterocycles. The molecule has 0 aliphatic rings. The second kappa shape index (κ2) is 5.21. The van der Waals surface area contributed by atoms with Crippen LogP contribution in [0.2, 0.25) is 0 Å². The zero-order valence-corrected chi connectivity index (χ0v) is 11.8. The summed E-state index contributed by atoms with van der Waals surface area (Å²) >= 11 is 3.34. The van der Waals surface area contributed by atoms with Gasteiger partial charge in [-0.25, -0.2) is 8.78 Å². The standard InChI is InChI=1S/C13H10BrF3N2/c1-6-3-8(14)4-7(2)11(6)18-13-10(16)5-9(15)12(17)19-13/h3-5H,1-2H3,(H,18,19). The molecule has 0 spiro atoms. The lowest BCUT2D eigenvalue weighted by atomic mass is 10.1. The Kier molecular flexibility index (Phi) is 3.80. The van der Waals surface area contributed by atoms with Crippen molar-refractivity contribution in [2.45, 2.75) is 13.8 Å². The number of aromatic nitrogens is 1. The zero-order valence-electron chi connectivity index (χ0n) is 10.2. The summed E-state index contributed by atoms with van der Waals surface area (Å²) in [5.74, 6) is -3.93. The summed E-state index contributed by atoms with van der Waals surface area (Å²) in [5.41, 5.74) is 2.27. The number of nitrogens with zero attached hydrogens (tertiary/aromatic N) is 1. The summed E-state index contributed by atoms with van der Waals surface area (Å²) < 4.78 is 40.2. The van der Waals surface area contributed by atoms with Gasteiger partial charge in [0.15, 0.2) is 17.5 Å². The number of rotatable bonds is 2. The third kappa shape index (κ3) is 2.89. The van der Waals surface area contributed by atoms with E-state index < -0.39 is 17.6 Å². The fourth-order valence-corrected chi connectivity index (χ4v) is 2.44. The smallest absolute Gasteiger partial charge is 0.251 e. The highest BCUT2D eigenvalue weighted by Crippen LogP contribution is 2.28. The largest absolute Gasteiger partial charge is 0.337 e. The molecule has 0 amide bonds. The Morgan fingerprint density at radius 1 is 1.00 bits per heavy atom. The van der Waals surface area contributed by atoms with Crippen molar-refractivity contribution >= 4 is 27.4 Å². The van der Waals surface area contributed by atoms with Crippen LogP contribution in [0.3, 0.4) is 0 Å². The molecular formula is C13H10BrF3N2. The molecule has 0 aliphatic carbocycles. The first-order valence-corrected chi connectivity index (χ1v) is 6.23. The summed E-state index contributed by atoms with van der Waals surface area (Å²) in [7, 11) is 0. The summed E-state index contributed by atoms with van der Waals surface area (Å²) in [6.07, 6.45) is 0. The van der Waals surface area contributed by atoms with Gasteiger partial charge in [0.1, 0.15) is 0 Å². The Balaban J connectivity index is 2.45. The molecular weight excluding hydrogens is 321 g/mol. The maximum atomic E-state index is 13.5. The molecule has 0 saturated carbocycles. The highest BCUT2D eigenvalue weighted by atomic mass is 79.9. The normalized spacial score (nSPS) is 10.6. The summed E-state index contributed by atoms with van der Waals surface area (Å²) in [4.78, 5) is 3.23. The quantitative estimate of drug-likeness (QED) is 0.812. The average molecular weight is 331 g/mol. The molecule has 100 valence electrons. The van der Waals surface area contributed by atoms with E-state index in [0.717, 1.165) is 15.6 Å². The van der Waals surface area contributed by atoms with Crippen molar-refractivity contribution < 1.29 is 13.2 Å². The Bertz CT molecular complexity index is 621. The first kappa shape index (κ1) is 13.9. The molecule has 6 heteroatoms. The van der Waals surface area contributed by atoms with E-state index in [1.54, 1.807) is 0 Å². The fraction of sp³-hybridized carbons (Fsp3) is 0.154. The maximum absolute atomic E-state index is 13.5. The molecule has 0 unspecified atom stereocenters. The molecule has 0 fully saturated rings. The predicted molar refractivity (Wildman–Crippen MR) is 71.0 cm³/mol. The Morgan fingerprint density at radius 3 is 2.16 bits per heavy atom. The third-order valence-electron chi connectivity index (χ3n) is 2.63. The first-order valence-electron chi connectivity index (χ1n) is 5.44. The third-order valence-corrected chi connectivity index (χ3v) is 3.09. The number of hydrogen-bond donors (Lipinski definition) is 1. The molecule has 0 bridgehead atoms. The van der Waals surface area contributed by atoms with Crippen molar-refractivity contribution in [3.8, 4) is 0 Å². The second-order valence-corrected chi connectivity index (χ2v) is 5.05. The Hall–Kier alpha value is -1.56. The molecule has 19 heavy (non-hydrogen) atoms. The van der Waals surface area contributed by atoms with Gasteiger partial charge in [0.2, 0.25) is 0 Å². The van der Waals surface area contributed by atoms with Gasteiger partial charge in [0.05, 0.1) is 0 Å². The highest BCUT2D eigenvalue weighted by molar-refractivity contribution is 9.10. The number of halogens is 4. The van der Waals surface area contributed by atoms with Crippen molar-refractivity contribution in [3.05, 3.63) is 51.4 Å². The van der Waals surface area contributed by atoms with Crippen LogP contribution in [0.25, 0.3) is 0 Å². The van der Waals surface area contributed by atoms with E-state index in [0.29, 0.717) is 11.8 Å². The maximum Gasteiger partial charge on any atom is 0.251 e. The molecule has 0 saturated heterocycles. The lowest BCUT2D eigenvalue weighted by molar-refractivity contribution is 0.467. The molecule has 1 aromatic carbocycles. The van der Waals surface area contributed by atoms with E-state index in [9.17, 15) is 13.2 Å². The molecule has 0 atom stereocenters. The summed E-state index contributed by atoms with van der Waals surface area (Å²) in [5, 5.41) is 2.69. The van der Waals surface area contributed by atoms with Crippen molar-refractivity contribution in [3.63, 3.8) is 0 Å². The average Bonchev–Trinajstić information content (AvgIpc) is 2.29. The Labute approximate surface area is 116 Å². The minimum atomic E-state index is -1.34. The van der Waals surface area contributed by atoms with E-state index in [1.807, 2.05) is 26.0 Å². The van der Waals surface area contributed by atoms with Crippen molar-refractivity contribution in [1.29, 1.82) is 0 Å². The lowest BCUT2D eigenvalue weighted by Gasteiger charge is -2.13. The van der Waals surface area contributed by atoms with Gasteiger partial charge in [0, 0.05) is 16.2 Å². The molecule has 1 aromatic heterocycles. The van der Waals surface area contributed by atoms with Crippen LogP contribution in [0.15, 0.2) is 22.7 Å². The molecule has 1 N–H and O–H groups in total. The molecule has 2 rings (SSSR count). The van der Waals surface area contributed by atoms with E-state index >= 15 is 0 Å². The topological polar surface area (TPSA) is 24.9 Å². The number of nitrogens with one attached hydrogen (secondary N) is 1. The van der Waals surface area contributed by atoms with E-state index in [2.05, 4.69) is 26.2 Å². The minimum absolute atomic E-state index is 0.340. The van der Waals surface area contributed by atoms with Crippen LogP contribution < -0.4 is 5.32 Å². The lowest BCUT2D eigenvalue weighted by Crippen LogP contribution is -2.04. The van der Waals surface area contributed by atoms with Gasteiger partial charge < -0.3 is 5.32 Å². The van der Waals surface area contributed by atoms with Gasteiger partial charge in [-0.1, -0.05) is 15.9 Å². The molecule has 2 aromatic rings. The summed E-state index contributed by atoms with van der Waals surface area (Å²) in [6.45, 7) is 3.63. The molecule has 0 aliphatic heterocycles. The van der Waals surface area contributed by atoms with E-state index in [1.165, 1.54) is 0 Å². The fourth-order valence-electron chi connectivity index (χ4n) is 1.76. The SMILES string of the molecule is Cc1cc(Br)cc(C)c1Nc1nc(F)c(F)cc1F.